The van der Waals surface area contributed by atoms with Crippen molar-refractivity contribution >= 4 is 18.1 Å². The monoisotopic (exact) mass is 404 g/mol. The van der Waals surface area contributed by atoms with Crippen molar-refractivity contribution in [3.8, 4) is 11.5 Å². The Kier molecular flexibility index (Phi) is 8.94. The van der Waals surface area contributed by atoms with E-state index < -0.39 is 0 Å². The molecule has 0 amide bonds. The number of nitrogens with one attached hydrogen (secondary N) is 1. The van der Waals surface area contributed by atoms with Crippen LogP contribution < -0.4 is 14.8 Å². The van der Waals surface area contributed by atoms with E-state index in [1.54, 1.807) is 7.11 Å². The normalized spacial score (nSPS) is 15.2. The molecular weight excluding hydrogens is 372 g/mol. The summed E-state index contributed by atoms with van der Waals surface area (Å²) in [5.74, 6) is 1.82. The number of anilines is 1. The van der Waals surface area contributed by atoms with Crippen LogP contribution >= 0.6 is 12.4 Å². The first-order chi connectivity index (χ1) is 13.2. The molecule has 1 aliphatic heterocycles. The van der Waals surface area contributed by atoms with Crippen LogP contribution in [0.1, 0.15) is 43.9 Å². The highest BCUT2D eigenvalue weighted by Gasteiger charge is 2.20. The zero-order valence-electron chi connectivity index (χ0n) is 17.2. The van der Waals surface area contributed by atoms with Crippen LogP contribution in [0.4, 0.5) is 5.69 Å². The number of methoxy groups -OCH3 is 1. The molecule has 5 heteroatoms. The second-order valence-electron chi connectivity index (χ2n) is 7.20. The lowest BCUT2D eigenvalue weighted by Gasteiger charge is -2.28. The molecule has 154 valence electrons. The zero-order chi connectivity index (χ0) is 19.1. The molecular formula is C23H33ClN2O2. The molecule has 0 spiro atoms. The number of nitrogens with zero attached hydrogens (tertiary/aromatic N) is 1. The average molecular weight is 405 g/mol. The van der Waals surface area contributed by atoms with Gasteiger partial charge in [0.2, 0.25) is 0 Å². The first kappa shape index (κ1) is 22.4. The molecule has 3 rings (SSSR count). The number of hydrogen-bond acceptors (Lipinski definition) is 4. The van der Waals surface area contributed by atoms with E-state index in [1.807, 2.05) is 12.1 Å². The summed E-state index contributed by atoms with van der Waals surface area (Å²) in [5.41, 5.74) is 3.67. The smallest absolute Gasteiger partial charge is 0.142 e. The third kappa shape index (κ3) is 5.79. The van der Waals surface area contributed by atoms with Gasteiger partial charge < -0.3 is 19.7 Å². The Morgan fingerprint density at radius 1 is 1.04 bits per heavy atom. The third-order valence-electron chi connectivity index (χ3n) is 5.09. The first-order valence-electron chi connectivity index (χ1n) is 10.1. The molecule has 0 saturated heterocycles. The fourth-order valence-corrected chi connectivity index (χ4v) is 3.64. The fraction of sp³-hybridized carbons (Fsp3) is 0.478. The number of hydrogen-bond donors (Lipinski definition) is 1. The summed E-state index contributed by atoms with van der Waals surface area (Å²) < 4.78 is 11.3. The third-order valence-corrected chi connectivity index (χ3v) is 5.09. The van der Waals surface area contributed by atoms with Gasteiger partial charge in [0.05, 0.1) is 18.8 Å². The molecule has 0 saturated carbocycles. The van der Waals surface area contributed by atoms with E-state index in [9.17, 15) is 0 Å². The first-order valence-corrected chi connectivity index (χ1v) is 10.1. The Balaban J connectivity index is 0.00000280. The second kappa shape index (κ2) is 11.2. The highest BCUT2D eigenvalue weighted by Crippen LogP contribution is 2.35. The molecule has 1 N–H and O–H groups in total. The van der Waals surface area contributed by atoms with Crippen molar-refractivity contribution in [2.75, 3.05) is 38.7 Å². The summed E-state index contributed by atoms with van der Waals surface area (Å²) >= 11 is 0. The summed E-state index contributed by atoms with van der Waals surface area (Å²) in [7, 11) is 1.69. The summed E-state index contributed by atoms with van der Waals surface area (Å²) in [6, 6.07) is 14.9. The van der Waals surface area contributed by atoms with Gasteiger partial charge in [-0.25, -0.2) is 0 Å². The molecule has 0 bridgehead atoms. The molecule has 1 atom stereocenters. The van der Waals surface area contributed by atoms with E-state index >= 15 is 0 Å². The Bertz CT molecular complexity index is 715. The maximum atomic E-state index is 6.00. The zero-order valence-corrected chi connectivity index (χ0v) is 18.1. The Labute approximate surface area is 175 Å². The number of benzene rings is 2. The fourth-order valence-electron chi connectivity index (χ4n) is 3.64. The van der Waals surface area contributed by atoms with Crippen molar-refractivity contribution in [1.29, 1.82) is 0 Å². The van der Waals surface area contributed by atoms with Crippen LogP contribution in [-0.2, 0) is 6.42 Å². The van der Waals surface area contributed by atoms with Crippen molar-refractivity contribution in [3.05, 3.63) is 53.6 Å². The van der Waals surface area contributed by atoms with Gasteiger partial charge in [-0.2, -0.15) is 0 Å². The van der Waals surface area contributed by atoms with Gasteiger partial charge in [-0.15, -0.1) is 12.4 Å². The van der Waals surface area contributed by atoms with Crippen molar-refractivity contribution in [1.82, 2.24) is 4.90 Å². The van der Waals surface area contributed by atoms with Crippen LogP contribution in [0.3, 0.4) is 0 Å². The molecule has 2 aromatic carbocycles. The lowest BCUT2D eigenvalue weighted by atomic mass is 10.0. The second-order valence-corrected chi connectivity index (χ2v) is 7.20. The van der Waals surface area contributed by atoms with E-state index in [0.29, 0.717) is 6.61 Å². The van der Waals surface area contributed by atoms with Crippen LogP contribution in [-0.4, -0.2) is 38.3 Å². The minimum absolute atomic E-state index is 0. The molecule has 0 fully saturated rings. The van der Waals surface area contributed by atoms with E-state index in [0.717, 1.165) is 30.2 Å². The van der Waals surface area contributed by atoms with Gasteiger partial charge in [0, 0.05) is 6.54 Å². The van der Waals surface area contributed by atoms with E-state index in [4.69, 9.17) is 9.47 Å². The van der Waals surface area contributed by atoms with Gasteiger partial charge in [0.1, 0.15) is 18.1 Å². The largest absolute Gasteiger partial charge is 0.497 e. The summed E-state index contributed by atoms with van der Waals surface area (Å²) in [6.07, 6.45) is 3.49. The minimum atomic E-state index is 0. The maximum Gasteiger partial charge on any atom is 0.142 e. The molecule has 0 aromatic heterocycles. The van der Waals surface area contributed by atoms with Gasteiger partial charge in [0.15, 0.2) is 0 Å². The summed E-state index contributed by atoms with van der Waals surface area (Å²) in [5, 5.41) is 3.65. The molecule has 0 radical (unpaired) electrons. The molecule has 4 nitrogen and oxygen atoms in total. The van der Waals surface area contributed by atoms with Crippen molar-refractivity contribution in [3.63, 3.8) is 0 Å². The Morgan fingerprint density at radius 3 is 2.39 bits per heavy atom. The van der Waals surface area contributed by atoms with Gasteiger partial charge >= 0.3 is 0 Å². The highest BCUT2D eigenvalue weighted by molar-refractivity contribution is 5.85. The molecule has 0 aliphatic carbocycles. The maximum absolute atomic E-state index is 6.00. The van der Waals surface area contributed by atoms with Crippen LogP contribution in [0, 0.1) is 0 Å². The van der Waals surface area contributed by atoms with Crippen molar-refractivity contribution < 1.29 is 9.47 Å². The summed E-state index contributed by atoms with van der Waals surface area (Å²) in [6.45, 7) is 8.62. The van der Waals surface area contributed by atoms with Crippen molar-refractivity contribution in [2.24, 2.45) is 0 Å². The van der Waals surface area contributed by atoms with Gasteiger partial charge in [-0.1, -0.05) is 32.0 Å². The van der Waals surface area contributed by atoms with E-state index in [2.05, 4.69) is 54.4 Å². The topological polar surface area (TPSA) is 33.7 Å². The molecule has 1 aliphatic rings. The van der Waals surface area contributed by atoms with Gasteiger partial charge in [-0.3, -0.25) is 0 Å². The lowest BCUT2D eigenvalue weighted by Crippen LogP contribution is -2.28. The van der Waals surface area contributed by atoms with Crippen LogP contribution in [0.25, 0.3) is 0 Å². The standard InChI is InChI=1S/C23H32N2O2.ClH/c1-4-13-25(14-5-2)15-12-18-6-11-23-21(16-18)24-22(17-27-23)19-7-9-20(26-3)10-8-19;/h6-11,16,22,24H,4-5,12-15,17H2,1-3H3;1H. The predicted octanol–water partition coefficient (Wildman–Crippen LogP) is 5.33. The van der Waals surface area contributed by atoms with Gasteiger partial charge in [-0.05, 0) is 67.7 Å². The SMILES string of the molecule is CCCN(CCC)CCc1ccc2c(c1)NC(c1ccc(OC)cc1)CO2.Cl. The number of ether oxygens (including phenoxy) is 2. The number of rotatable bonds is 9. The number of halogens is 1. The molecule has 1 heterocycles. The Morgan fingerprint density at radius 2 is 1.75 bits per heavy atom. The number of fused-ring (bicyclic) bond motifs is 1. The quantitative estimate of drug-likeness (QED) is 0.612. The predicted molar refractivity (Wildman–Crippen MR) is 119 cm³/mol. The Hall–Kier alpha value is -1.91. The summed E-state index contributed by atoms with van der Waals surface area (Å²) in [4.78, 5) is 2.56. The molecule has 2 aromatic rings. The highest BCUT2D eigenvalue weighted by atomic mass is 35.5. The van der Waals surface area contributed by atoms with Crippen LogP contribution in [0.15, 0.2) is 42.5 Å². The molecule has 1 unspecified atom stereocenters. The minimum Gasteiger partial charge on any atom is -0.497 e. The average Bonchev–Trinajstić information content (AvgIpc) is 2.72. The van der Waals surface area contributed by atoms with Crippen molar-refractivity contribution in [2.45, 2.75) is 39.2 Å². The lowest BCUT2D eigenvalue weighted by molar-refractivity contribution is 0.277. The van der Waals surface area contributed by atoms with Crippen LogP contribution in [0.5, 0.6) is 11.5 Å². The van der Waals surface area contributed by atoms with Gasteiger partial charge in [0.25, 0.3) is 0 Å². The van der Waals surface area contributed by atoms with E-state index in [1.165, 1.54) is 37.1 Å². The molecule has 28 heavy (non-hydrogen) atoms. The van der Waals surface area contributed by atoms with E-state index in [-0.39, 0.29) is 18.4 Å². The van der Waals surface area contributed by atoms with Crippen LogP contribution in [0.2, 0.25) is 0 Å².